The number of carbonyl (C=O) groups is 1. The van der Waals surface area contributed by atoms with Gasteiger partial charge < -0.3 is 19.8 Å². The number of hydrogen-bond acceptors (Lipinski definition) is 7. The summed E-state index contributed by atoms with van der Waals surface area (Å²) in [7, 11) is 4.05. The van der Waals surface area contributed by atoms with Crippen molar-refractivity contribution in [1.29, 1.82) is 0 Å². The van der Waals surface area contributed by atoms with Crippen LogP contribution in [0.2, 0.25) is 5.02 Å². The molecule has 0 aliphatic heterocycles. The molecule has 0 radical (unpaired) electrons. The first-order valence-corrected chi connectivity index (χ1v) is 9.70. The molecule has 8 heteroatoms. The molecule has 0 bridgehead atoms. The molecule has 0 amide bonds. The van der Waals surface area contributed by atoms with Crippen molar-refractivity contribution in [3.8, 4) is 0 Å². The number of hydrogen-bond donors (Lipinski definition) is 1. The van der Waals surface area contributed by atoms with E-state index in [-0.39, 0.29) is 23.9 Å². The zero-order chi connectivity index (χ0) is 21.4. The first-order chi connectivity index (χ1) is 13.8. The Hall–Kier alpha value is -2.64. The minimum absolute atomic E-state index is 0.0419. The fourth-order valence-corrected chi connectivity index (χ4v) is 2.83. The number of ether oxygens (including phenoxy) is 1. The van der Waals surface area contributed by atoms with Crippen molar-refractivity contribution in [2.75, 3.05) is 33.0 Å². The molecule has 2 aromatic rings. The molecule has 156 valence electrons. The van der Waals surface area contributed by atoms with E-state index in [1.807, 2.05) is 46.2 Å². The van der Waals surface area contributed by atoms with Crippen LogP contribution >= 0.6 is 11.6 Å². The molecule has 2 rings (SSSR count). The monoisotopic (exact) mass is 418 g/mol. The number of anilines is 1. The molecule has 0 saturated carbocycles. The van der Waals surface area contributed by atoms with Gasteiger partial charge in [0, 0.05) is 30.5 Å². The van der Waals surface area contributed by atoms with Crippen molar-refractivity contribution in [3.05, 3.63) is 52.4 Å². The number of Topliss-reactive ketones (excluding diaryl/α,β-unsaturated/α-hetero) is 1. The van der Waals surface area contributed by atoms with Crippen LogP contribution in [0.15, 0.2) is 39.9 Å². The zero-order valence-corrected chi connectivity index (χ0v) is 18.0. The minimum atomic E-state index is -0.226. The Kier molecular flexibility index (Phi) is 8.42. The molecular weight excluding hydrogens is 392 g/mol. The van der Waals surface area contributed by atoms with E-state index in [2.05, 4.69) is 14.9 Å². The van der Waals surface area contributed by atoms with Gasteiger partial charge in [0.2, 0.25) is 0 Å². The van der Waals surface area contributed by atoms with Gasteiger partial charge in [-0.3, -0.25) is 4.79 Å². The van der Waals surface area contributed by atoms with Crippen LogP contribution < -0.4 is 5.73 Å². The Morgan fingerprint density at radius 2 is 2.17 bits per heavy atom. The zero-order valence-electron chi connectivity index (χ0n) is 17.2. The van der Waals surface area contributed by atoms with E-state index in [0.717, 1.165) is 24.2 Å². The maximum atomic E-state index is 12.4. The van der Waals surface area contributed by atoms with Gasteiger partial charge in [0.15, 0.2) is 11.7 Å². The lowest BCUT2D eigenvalue weighted by atomic mass is 10.0. The van der Waals surface area contributed by atoms with Crippen molar-refractivity contribution in [3.63, 3.8) is 0 Å². The highest BCUT2D eigenvalue weighted by molar-refractivity contribution is 6.31. The second kappa shape index (κ2) is 10.8. The summed E-state index contributed by atoms with van der Waals surface area (Å²) in [5.74, 6) is 0.359. The summed E-state index contributed by atoms with van der Waals surface area (Å²) in [5, 5.41) is 0.495. The Labute approximate surface area is 176 Å². The molecule has 29 heavy (non-hydrogen) atoms. The number of nitrogen functional groups attached to an aromatic ring is 1. The number of aliphatic imine (C=N–C) groups is 1. The Morgan fingerprint density at radius 3 is 2.79 bits per heavy atom. The van der Waals surface area contributed by atoms with E-state index in [1.165, 1.54) is 6.26 Å². The molecule has 0 saturated heterocycles. The van der Waals surface area contributed by atoms with Crippen LogP contribution in [0.1, 0.15) is 41.9 Å². The van der Waals surface area contributed by atoms with Crippen molar-refractivity contribution in [2.24, 2.45) is 4.99 Å². The number of benzene rings is 1. The molecular formula is C21H27ClN4O3. The van der Waals surface area contributed by atoms with Crippen LogP contribution in [0, 0.1) is 0 Å². The second-order valence-electron chi connectivity index (χ2n) is 6.79. The standard InChI is InChI=1S/C21H27ClN4O3/c1-5-18(24-14(2)28-10-6-9-26(3)4)15-7-8-17(22)16(11-15)12-20(27)19-13-29-21(23)25-19/h5,7-8,11,13H,6,9-10,12H2,1-4H3,(H2,23,25)/b18-5-,24-14?. The molecule has 0 spiro atoms. The van der Waals surface area contributed by atoms with Crippen LogP contribution in [0.25, 0.3) is 5.70 Å². The van der Waals surface area contributed by atoms with E-state index in [4.69, 9.17) is 26.5 Å². The highest BCUT2D eigenvalue weighted by atomic mass is 35.5. The lowest BCUT2D eigenvalue weighted by Crippen LogP contribution is -2.15. The number of carbonyl (C=O) groups excluding carboxylic acids is 1. The number of nitrogens with two attached hydrogens (primary N) is 1. The predicted octanol–water partition coefficient (Wildman–Crippen LogP) is 4.08. The number of halogens is 1. The summed E-state index contributed by atoms with van der Waals surface area (Å²) >= 11 is 6.29. The Balaban J connectivity index is 2.11. The highest BCUT2D eigenvalue weighted by Gasteiger charge is 2.15. The van der Waals surface area contributed by atoms with E-state index in [1.54, 1.807) is 6.07 Å². The van der Waals surface area contributed by atoms with Gasteiger partial charge in [0.1, 0.15) is 12.0 Å². The SMILES string of the molecule is C/C=C(\N=C(C)OCCCN(C)C)c1ccc(Cl)c(CC(=O)c2coc(N)n2)c1. The van der Waals surface area contributed by atoms with Gasteiger partial charge in [-0.15, -0.1) is 0 Å². The number of aromatic nitrogens is 1. The molecule has 7 nitrogen and oxygen atoms in total. The number of ketones is 1. The lowest BCUT2D eigenvalue weighted by molar-refractivity contribution is 0.0988. The van der Waals surface area contributed by atoms with Gasteiger partial charge in [-0.2, -0.15) is 4.98 Å². The molecule has 0 atom stereocenters. The molecule has 2 N–H and O–H groups in total. The third-order valence-corrected chi connectivity index (χ3v) is 4.48. The number of oxazole rings is 1. The molecule has 0 unspecified atom stereocenters. The van der Waals surface area contributed by atoms with Crippen LogP contribution in [-0.4, -0.2) is 48.8 Å². The minimum Gasteiger partial charge on any atom is -0.481 e. The van der Waals surface area contributed by atoms with Gasteiger partial charge in [-0.25, -0.2) is 4.99 Å². The summed E-state index contributed by atoms with van der Waals surface area (Å²) in [6.07, 6.45) is 4.14. The smallest absolute Gasteiger partial charge is 0.292 e. The van der Waals surface area contributed by atoms with Crippen molar-refractivity contribution < 1.29 is 13.9 Å². The maximum absolute atomic E-state index is 12.4. The van der Waals surface area contributed by atoms with E-state index in [0.29, 0.717) is 23.1 Å². The predicted molar refractivity (Wildman–Crippen MR) is 116 cm³/mol. The maximum Gasteiger partial charge on any atom is 0.292 e. The average Bonchev–Trinajstić information content (AvgIpc) is 3.11. The summed E-state index contributed by atoms with van der Waals surface area (Å²) < 4.78 is 10.6. The second-order valence-corrected chi connectivity index (χ2v) is 7.19. The van der Waals surface area contributed by atoms with E-state index in [9.17, 15) is 4.79 Å². The summed E-state index contributed by atoms with van der Waals surface area (Å²) in [6.45, 7) is 5.28. The fourth-order valence-electron chi connectivity index (χ4n) is 2.65. The van der Waals surface area contributed by atoms with Crippen molar-refractivity contribution in [2.45, 2.75) is 26.7 Å². The van der Waals surface area contributed by atoms with E-state index < -0.39 is 0 Å². The molecule has 0 fully saturated rings. The van der Waals surface area contributed by atoms with Crippen LogP contribution in [-0.2, 0) is 11.2 Å². The number of nitrogens with zero attached hydrogens (tertiary/aromatic N) is 3. The molecule has 1 aromatic carbocycles. The molecule has 1 aromatic heterocycles. The quantitative estimate of drug-likeness (QED) is 0.285. The fraction of sp³-hybridized carbons (Fsp3) is 0.381. The Morgan fingerprint density at radius 1 is 1.41 bits per heavy atom. The van der Waals surface area contributed by atoms with Gasteiger partial charge in [0.25, 0.3) is 6.01 Å². The van der Waals surface area contributed by atoms with E-state index >= 15 is 0 Å². The molecule has 1 heterocycles. The average molecular weight is 419 g/mol. The Bertz CT molecular complexity index is 903. The van der Waals surface area contributed by atoms with Crippen molar-refractivity contribution >= 4 is 35.0 Å². The topological polar surface area (TPSA) is 94.0 Å². The number of allylic oxidation sites excluding steroid dienone is 1. The third-order valence-electron chi connectivity index (χ3n) is 4.11. The highest BCUT2D eigenvalue weighted by Crippen LogP contribution is 2.25. The normalized spacial score (nSPS) is 12.5. The summed E-state index contributed by atoms with van der Waals surface area (Å²) in [6, 6.07) is 5.42. The third kappa shape index (κ3) is 7.03. The van der Waals surface area contributed by atoms with Crippen LogP contribution in [0.5, 0.6) is 0 Å². The van der Waals surface area contributed by atoms with Crippen molar-refractivity contribution in [1.82, 2.24) is 9.88 Å². The van der Waals surface area contributed by atoms with Crippen LogP contribution in [0.4, 0.5) is 6.01 Å². The van der Waals surface area contributed by atoms with Gasteiger partial charge in [-0.1, -0.05) is 23.7 Å². The van der Waals surface area contributed by atoms with Crippen LogP contribution in [0.3, 0.4) is 0 Å². The lowest BCUT2D eigenvalue weighted by Gasteiger charge is -2.11. The summed E-state index contributed by atoms with van der Waals surface area (Å²) in [4.78, 5) is 22.9. The molecule has 0 aliphatic carbocycles. The first-order valence-electron chi connectivity index (χ1n) is 9.32. The largest absolute Gasteiger partial charge is 0.481 e. The number of rotatable bonds is 9. The van der Waals surface area contributed by atoms with Gasteiger partial charge >= 0.3 is 0 Å². The van der Waals surface area contributed by atoms with Gasteiger partial charge in [-0.05, 0) is 45.1 Å². The first kappa shape index (κ1) is 22.6. The summed E-state index contributed by atoms with van der Waals surface area (Å²) in [5.41, 5.74) is 7.87. The van der Waals surface area contributed by atoms with Gasteiger partial charge in [0.05, 0.1) is 12.3 Å². The molecule has 0 aliphatic rings.